The molecular formula is C11H20O3Ti. The summed E-state index contributed by atoms with van der Waals surface area (Å²) in [6.45, 7) is 7.92. The Kier molecular flexibility index (Phi) is 12.2. The van der Waals surface area contributed by atoms with E-state index in [1.165, 1.54) is 0 Å². The van der Waals surface area contributed by atoms with Gasteiger partial charge in [-0.1, -0.05) is 24.3 Å². The Hall–Kier alpha value is 0.0743. The van der Waals surface area contributed by atoms with Gasteiger partial charge in [0, 0.05) is 6.42 Å². The molecule has 86 valence electrons. The van der Waals surface area contributed by atoms with E-state index < -0.39 is 19.0 Å². The van der Waals surface area contributed by atoms with Crippen LogP contribution in [0.4, 0.5) is 0 Å². The van der Waals surface area contributed by atoms with Crippen LogP contribution in [0.5, 0.6) is 0 Å². The number of hydrogen-bond acceptors (Lipinski definition) is 3. The first-order valence-electron chi connectivity index (χ1n) is 5.27. The summed E-state index contributed by atoms with van der Waals surface area (Å²) in [4.78, 5) is 0. The Labute approximate surface area is 100 Å². The molecule has 3 nitrogen and oxygen atoms in total. The zero-order valence-electron chi connectivity index (χ0n) is 9.73. The van der Waals surface area contributed by atoms with Gasteiger partial charge in [0.15, 0.2) is 0 Å². The van der Waals surface area contributed by atoms with Gasteiger partial charge in [0.25, 0.3) is 0 Å². The average molecular weight is 248 g/mol. The predicted octanol–water partition coefficient (Wildman–Crippen LogP) is 2.78. The summed E-state index contributed by atoms with van der Waals surface area (Å²) >= 11 is -1.99. The second-order valence-corrected chi connectivity index (χ2v) is 4.64. The fraction of sp³-hybridized carbons (Fsp3) is 0.545. The van der Waals surface area contributed by atoms with Crippen molar-refractivity contribution < 1.29 is 29.0 Å². The summed E-state index contributed by atoms with van der Waals surface area (Å²) in [6, 6.07) is 0. The van der Waals surface area contributed by atoms with E-state index in [1.54, 1.807) is 0 Å². The Morgan fingerprint density at radius 3 is 1.33 bits per heavy atom. The van der Waals surface area contributed by atoms with Crippen LogP contribution >= 0.6 is 0 Å². The molecule has 1 aliphatic rings. The number of hydrogen-bond donors (Lipinski definition) is 0. The molecule has 0 bridgehead atoms. The molecule has 0 unspecified atom stereocenters. The maximum atomic E-state index is 5.24. The van der Waals surface area contributed by atoms with Crippen LogP contribution in [0.15, 0.2) is 24.3 Å². The van der Waals surface area contributed by atoms with Gasteiger partial charge in [-0.15, -0.1) is 0 Å². The quantitative estimate of drug-likeness (QED) is 0.676. The maximum absolute atomic E-state index is 5.24. The summed E-state index contributed by atoms with van der Waals surface area (Å²) < 4.78 is 15.7. The van der Waals surface area contributed by atoms with Crippen LogP contribution in [0.3, 0.4) is 0 Å². The first-order valence-corrected chi connectivity index (χ1v) is 7.18. The zero-order chi connectivity index (χ0) is 11.4. The molecule has 0 saturated carbocycles. The molecular weight excluding hydrogens is 228 g/mol. The van der Waals surface area contributed by atoms with Gasteiger partial charge >= 0.3 is 69.6 Å². The molecule has 1 radical (unpaired) electrons. The predicted molar refractivity (Wildman–Crippen MR) is 57.5 cm³/mol. The molecule has 0 atom stereocenters. The van der Waals surface area contributed by atoms with Crippen molar-refractivity contribution in [3.63, 3.8) is 0 Å². The van der Waals surface area contributed by atoms with E-state index >= 15 is 0 Å². The fourth-order valence-corrected chi connectivity index (χ4v) is 2.29. The van der Waals surface area contributed by atoms with Crippen molar-refractivity contribution in [1.82, 2.24) is 0 Å². The molecule has 0 heterocycles. The van der Waals surface area contributed by atoms with E-state index in [9.17, 15) is 0 Å². The third-order valence-electron chi connectivity index (χ3n) is 1.34. The minimum Gasteiger partial charge on any atom is -0.0767 e. The maximum Gasteiger partial charge on any atom is 0.00506 e. The molecule has 0 aromatic heterocycles. The van der Waals surface area contributed by atoms with Crippen molar-refractivity contribution >= 4 is 0 Å². The minimum absolute atomic E-state index is 0.690. The first-order chi connectivity index (χ1) is 7.35. The van der Waals surface area contributed by atoms with E-state index in [2.05, 4.69) is 0 Å². The molecule has 15 heavy (non-hydrogen) atoms. The van der Waals surface area contributed by atoms with Crippen molar-refractivity contribution in [2.24, 2.45) is 0 Å². The Morgan fingerprint density at radius 1 is 0.733 bits per heavy atom. The SMILES string of the molecule is CC[O][Ti]([O]CC)[O]CC.[CH]1C=CC=C1. The van der Waals surface area contributed by atoms with Gasteiger partial charge < -0.3 is 0 Å². The molecule has 0 spiro atoms. The Balaban J connectivity index is 0.000000322. The summed E-state index contributed by atoms with van der Waals surface area (Å²) in [5.41, 5.74) is 0. The van der Waals surface area contributed by atoms with Crippen molar-refractivity contribution in [1.29, 1.82) is 0 Å². The fourth-order valence-electron chi connectivity index (χ4n) is 0.799. The topological polar surface area (TPSA) is 27.7 Å². The monoisotopic (exact) mass is 248 g/mol. The van der Waals surface area contributed by atoms with Gasteiger partial charge in [0.1, 0.15) is 0 Å². The van der Waals surface area contributed by atoms with Crippen LogP contribution < -0.4 is 0 Å². The van der Waals surface area contributed by atoms with Crippen LogP contribution in [-0.4, -0.2) is 19.8 Å². The van der Waals surface area contributed by atoms with Crippen molar-refractivity contribution in [2.75, 3.05) is 19.8 Å². The third-order valence-corrected chi connectivity index (χ3v) is 3.80. The van der Waals surface area contributed by atoms with Gasteiger partial charge in [-0.25, -0.2) is 0 Å². The van der Waals surface area contributed by atoms with Crippen molar-refractivity contribution in [3.8, 4) is 0 Å². The molecule has 0 amide bonds. The Bertz CT molecular complexity index is 156. The molecule has 0 aliphatic heterocycles. The average Bonchev–Trinajstić information content (AvgIpc) is 2.77. The summed E-state index contributed by atoms with van der Waals surface area (Å²) in [5.74, 6) is 0. The van der Waals surface area contributed by atoms with E-state index in [1.807, 2.05) is 51.5 Å². The van der Waals surface area contributed by atoms with Crippen LogP contribution in [0.2, 0.25) is 0 Å². The van der Waals surface area contributed by atoms with Gasteiger partial charge in [-0.05, 0) is 0 Å². The van der Waals surface area contributed by atoms with Crippen LogP contribution in [0.1, 0.15) is 20.8 Å². The van der Waals surface area contributed by atoms with Gasteiger partial charge in [0.05, 0.1) is 0 Å². The van der Waals surface area contributed by atoms with Gasteiger partial charge in [0.2, 0.25) is 0 Å². The molecule has 0 saturated heterocycles. The van der Waals surface area contributed by atoms with E-state index in [4.69, 9.17) is 9.96 Å². The van der Waals surface area contributed by atoms with E-state index in [-0.39, 0.29) is 0 Å². The van der Waals surface area contributed by atoms with Gasteiger partial charge in [-0.3, -0.25) is 0 Å². The van der Waals surface area contributed by atoms with Crippen molar-refractivity contribution in [3.05, 3.63) is 30.7 Å². The molecule has 0 fully saturated rings. The number of rotatable bonds is 6. The summed E-state index contributed by atoms with van der Waals surface area (Å²) in [5, 5.41) is 0. The summed E-state index contributed by atoms with van der Waals surface area (Å²) in [7, 11) is 0. The molecule has 0 aromatic rings. The van der Waals surface area contributed by atoms with E-state index in [0.717, 1.165) is 0 Å². The van der Waals surface area contributed by atoms with E-state index in [0.29, 0.717) is 19.8 Å². The van der Waals surface area contributed by atoms with Crippen LogP contribution in [0, 0.1) is 6.42 Å². The zero-order valence-corrected chi connectivity index (χ0v) is 11.3. The molecule has 0 N–H and O–H groups in total. The first kappa shape index (κ1) is 15.1. The molecule has 0 aromatic carbocycles. The molecule has 1 aliphatic carbocycles. The number of allylic oxidation sites excluding steroid dienone is 4. The molecule has 4 heteroatoms. The van der Waals surface area contributed by atoms with Crippen molar-refractivity contribution in [2.45, 2.75) is 20.8 Å². The standard InChI is InChI=1S/C5H5.3C2H5O.Ti/c1-2-4-5-3-1;3*1-2-3;/h1-5H;3*2H2,1H3;/q;3*-1;+3. The second kappa shape index (κ2) is 12.1. The molecule has 1 rings (SSSR count). The normalized spacial score (nSPS) is 12.5. The third kappa shape index (κ3) is 10.4. The van der Waals surface area contributed by atoms with Crippen LogP contribution in [-0.2, 0) is 29.0 Å². The van der Waals surface area contributed by atoms with Crippen LogP contribution in [0.25, 0.3) is 0 Å². The van der Waals surface area contributed by atoms with Gasteiger partial charge in [-0.2, -0.15) is 0 Å². The second-order valence-electron chi connectivity index (χ2n) is 2.51. The minimum atomic E-state index is -1.99. The summed E-state index contributed by atoms with van der Waals surface area (Å²) in [6.07, 6.45) is 10.0. The Morgan fingerprint density at radius 2 is 1.13 bits per heavy atom. The largest absolute Gasteiger partial charge is 0.0767 e. The smallest absolute Gasteiger partial charge is 0.00506 e.